The molecule has 6 heteroatoms. The molecule has 0 amide bonds. The molecule has 1 rings (SSSR count). The highest BCUT2D eigenvalue weighted by Gasteiger charge is 2.28. The van der Waals surface area contributed by atoms with Crippen LogP contribution in [0.2, 0.25) is 0 Å². The lowest BCUT2D eigenvalue weighted by atomic mass is 10.4. The summed E-state index contributed by atoms with van der Waals surface area (Å²) in [6.45, 7) is 0.330. The van der Waals surface area contributed by atoms with Crippen molar-refractivity contribution in [3.8, 4) is 0 Å². The fourth-order valence-corrected chi connectivity index (χ4v) is 2.58. The van der Waals surface area contributed by atoms with Crippen LogP contribution in [-0.4, -0.2) is 24.4 Å². The number of hydrogen-bond donors (Lipinski definition) is 2. The molecule has 1 saturated heterocycles. The molecule has 2 atom stereocenters. The number of hydrogen-bond acceptors (Lipinski definition) is 4. The van der Waals surface area contributed by atoms with Gasteiger partial charge in [0.25, 0.3) is 0 Å². The third-order valence-electron chi connectivity index (χ3n) is 0.909. The van der Waals surface area contributed by atoms with Crippen LogP contribution in [0.3, 0.4) is 0 Å². The number of aliphatic hydroxyl groups excluding tert-OH is 1. The molecule has 3 nitrogen and oxygen atoms in total. The molecule has 0 saturated carbocycles. The van der Waals surface area contributed by atoms with E-state index in [1.807, 2.05) is 0 Å². The fourth-order valence-electron chi connectivity index (χ4n) is 0.513. The molecule has 1 aliphatic rings. The molecule has 0 aromatic carbocycles. The Kier molecular flexibility index (Phi) is 2.54. The zero-order valence-electron chi connectivity index (χ0n) is 4.56. The number of thiol groups is 1. The highest BCUT2D eigenvalue weighted by molar-refractivity contribution is 8.60. The summed E-state index contributed by atoms with van der Waals surface area (Å²) in [4.78, 5) is 0. The Balaban J connectivity index is 2.47. The van der Waals surface area contributed by atoms with Crippen LogP contribution in [-0.2, 0) is 20.9 Å². The second-order valence-corrected chi connectivity index (χ2v) is 6.91. The standard InChI is InChI=1S/C3H7O3PS2/c4-1-3-2-5-7(8,9)6-3/h3-4H,1-2H2,(H,8,9). The van der Waals surface area contributed by atoms with Crippen LogP contribution < -0.4 is 0 Å². The van der Waals surface area contributed by atoms with Gasteiger partial charge in [-0.05, 0) is 11.8 Å². The first-order valence-electron chi connectivity index (χ1n) is 2.40. The van der Waals surface area contributed by atoms with Crippen LogP contribution in [0.15, 0.2) is 0 Å². The maximum Gasteiger partial charge on any atom is 0.244 e. The highest BCUT2D eigenvalue weighted by atomic mass is 32.9. The minimum Gasteiger partial charge on any atom is -0.394 e. The average molecular weight is 186 g/mol. The van der Waals surface area contributed by atoms with E-state index in [2.05, 4.69) is 12.2 Å². The first-order chi connectivity index (χ1) is 4.14. The molecular weight excluding hydrogens is 179 g/mol. The van der Waals surface area contributed by atoms with E-state index in [0.717, 1.165) is 0 Å². The number of rotatable bonds is 1. The van der Waals surface area contributed by atoms with Crippen molar-refractivity contribution in [2.75, 3.05) is 13.2 Å². The van der Waals surface area contributed by atoms with Gasteiger partial charge >= 0.3 is 0 Å². The minimum absolute atomic E-state index is 0.0427. The summed E-state index contributed by atoms with van der Waals surface area (Å²) in [5, 5.41) is 8.53. The monoisotopic (exact) mass is 186 g/mol. The van der Waals surface area contributed by atoms with E-state index in [1.165, 1.54) is 0 Å². The Morgan fingerprint density at radius 3 is 2.78 bits per heavy atom. The maximum atomic E-state index is 8.53. The van der Waals surface area contributed by atoms with Gasteiger partial charge in [-0.1, -0.05) is 12.2 Å². The van der Waals surface area contributed by atoms with Gasteiger partial charge in [0.05, 0.1) is 13.2 Å². The minimum atomic E-state index is -2.25. The van der Waals surface area contributed by atoms with E-state index in [1.54, 1.807) is 0 Å². The van der Waals surface area contributed by atoms with Crippen molar-refractivity contribution in [1.82, 2.24) is 0 Å². The summed E-state index contributed by atoms with van der Waals surface area (Å²) >= 11 is 8.70. The Morgan fingerprint density at radius 1 is 1.89 bits per heavy atom. The summed E-state index contributed by atoms with van der Waals surface area (Å²) in [7, 11) is 0. The molecule has 0 aliphatic carbocycles. The van der Waals surface area contributed by atoms with Crippen LogP contribution in [0.1, 0.15) is 0 Å². The smallest absolute Gasteiger partial charge is 0.244 e. The van der Waals surface area contributed by atoms with Crippen LogP contribution >= 0.6 is 17.9 Å². The molecule has 0 spiro atoms. The van der Waals surface area contributed by atoms with Gasteiger partial charge in [0.2, 0.25) is 5.69 Å². The molecule has 0 bridgehead atoms. The van der Waals surface area contributed by atoms with Gasteiger partial charge in [0.1, 0.15) is 6.10 Å². The Labute approximate surface area is 63.7 Å². The SMILES string of the molecule is OCC1COP(=S)(S)O1. The van der Waals surface area contributed by atoms with Gasteiger partial charge in [0, 0.05) is 0 Å². The lowest BCUT2D eigenvalue weighted by Gasteiger charge is -2.04. The Morgan fingerprint density at radius 2 is 2.56 bits per heavy atom. The molecule has 1 heterocycles. The maximum absolute atomic E-state index is 8.53. The van der Waals surface area contributed by atoms with E-state index >= 15 is 0 Å². The second kappa shape index (κ2) is 2.86. The average Bonchev–Trinajstić information content (AvgIpc) is 2.10. The van der Waals surface area contributed by atoms with Gasteiger partial charge < -0.3 is 14.2 Å². The van der Waals surface area contributed by atoms with E-state index in [0.29, 0.717) is 6.61 Å². The van der Waals surface area contributed by atoms with E-state index in [4.69, 9.17) is 26.0 Å². The van der Waals surface area contributed by atoms with Gasteiger partial charge in [-0.15, -0.1) is 0 Å². The summed E-state index contributed by atoms with van der Waals surface area (Å²) < 4.78 is 9.97. The third-order valence-corrected chi connectivity index (χ3v) is 3.15. The summed E-state index contributed by atoms with van der Waals surface area (Å²) in [6, 6.07) is 0. The molecular formula is C3H7O3PS2. The summed E-state index contributed by atoms with van der Waals surface area (Å²) in [6.07, 6.45) is -0.256. The normalized spacial score (nSPS) is 43.6. The van der Waals surface area contributed by atoms with Crippen molar-refractivity contribution < 1.29 is 14.2 Å². The van der Waals surface area contributed by atoms with Crippen molar-refractivity contribution in [2.45, 2.75) is 6.10 Å². The predicted octanol–water partition coefficient (Wildman–Crippen LogP) is 0.548. The quantitative estimate of drug-likeness (QED) is 0.463. The molecule has 0 radical (unpaired) electrons. The zero-order valence-corrected chi connectivity index (χ0v) is 7.16. The Hall–Kier alpha value is 0.880. The van der Waals surface area contributed by atoms with Gasteiger partial charge in [-0.2, -0.15) is 0 Å². The van der Waals surface area contributed by atoms with E-state index < -0.39 is 5.69 Å². The van der Waals surface area contributed by atoms with Crippen molar-refractivity contribution in [1.29, 1.82) is 0 Å². The van der Waals surface area contributed by atoms with Crippen LogP contribution in [0.25, 0.3) is 0 Å². The largest absolute Gasteiger partial charge is 0.394 e. The second-order valence-electron chi connectivity index (χ2n) is 1.67. The van der Waals surface area contributed by atoms with Gasteiger partial charge in [-0.25, -0.2) is 0 Å². The van der Waals surface area contributed by atoms with Crippen molar-refractivity contribution in [3.05, 3.63) is 0 Å². The summed E-state index contributed by atoms with van der Waals surface area (Å²) in [5.74, 6) is 0. The van der Waals surface area contributed by atoms with Crippen molar-refractivity contribution in [3.63, 3.8) is 0 Å². The lowest BCUT2D eigenvalue weighted by molar-refractivity contribution is 0.137. The predicted molar refractivity (Wildman–Crippen MR) is 41.2 cm³/mol. The van der Waals surface area contributed by atoms with Crippen LogP contribution in [0.4, 0.5) is 0 Å². The van der Waals surface area contributed by atoms with E-state index in [9.17, 15) is 0 Å². The van der Waals surface area contributed by atoms with Crippen molar-refractivity contribution >= 4 is 29.7 Å². The molecule has 1 N–H and O–H groups in total. The van der Waals surface area contributed by atoms with Crippen LogP contribution in [0.5, 0.6) is 0 Å². The van der Waals surface area contributed by atoms with Crippen LogP contribution in [0, 0.1) is 0 Å². The molecule has 9 heavy (non-hydrogen) atoms. The topological polar surface area (TPSA) is 38.7 Å². The van der Waals surface area contributed by atoms with Gasteiger partial charge in [0.15, 0.2) is 0 Å². The first-order valence-corrected chi connectivity index (χ1v) is 6.20. The number of aliphatic hydroxyl groups is 1. The molecule has 0 aromatic heterocycles. The molecule has 0 aromatic rings. The fraction of sp³-hybridized carbons (Fsp3) is 1.00. The molecule has 1 aliphatic heterocycles. The summed E-state index contributed by atoms with van der Waals surface area (Å²) in [5.41, 5.74) is -2.25. The molecule has 54 valence electrons. The highest BCUT2D eigenvalue weighted by Crippen LogP contribution is 2.58. The molecule has 1 fully saturated rings. The van der Waals surface area contributed by atoms with Crippen molar-refractivity contribution in [2.24, 2.45) is 0 Å². The third kappa shape index (κ3) is 2.18. The lowest BCUT2D eigenvalue weighted by Crippen LogP contribution is -2.13. The molecule has 2 unspecified atom stereocenters. The first kappa shape index (κ1) is 7.98. The van der Waals surface area contributed by atoms with E-state index in [-0.39, 0.29) is 12.7 Å². The Bertz CT molecular complexity index is 150. The zero-order chi connectivity index (χ0) is 6.91. The van der Waals surface area contributed by atoms with Gasteiger partial charge in [-0.3, -0.25) is 0 Å².